The Morgan fingerprint density at radius 3 is 2.30 bits per heavy atom. The fourth-order valence-electron chi connectivity index (χ4n) is 0.503. The molecule has 5 nitrogen and oxygen atoms in total. The Balaban J connectivity index is 4.18. The summed E-state index contributed by atoms with van der Waals surface area (Å²) in [6.45, 7) is 0. The lowest BCUT2D eigenvalue weighted by Gasteiger charge is -2.12. The van der Waals surface area contributed by atoms with Gasteiger partial charge >= 0.3 is 0 Å². The molecule has 0 aromatic heterocycles. The zero-order chi connectivity index (χ0) is 8.15. The van der Waals surface area contributed by atoms with Crippen LogP contribution in [0.3, 0.4) is 0 Å². The molecule has 0 amide bonds. The summed E-state index contributed by atoms with van der Waals surface area (Å²) in [7, 11) is 5.09. The van der Waals surface area contributed by atoms with Gasteiger partial charge in [0.15, 0.2) is 5.82 Å². The summed E-state index contributed by atoms with van der Waals surface area (Å²) in [6, 6.07) is 0. The van der Waals surface area contributed by atoms with E-state index in [0.717, 1.165) is 6.20 Å². The van der Waals surface area contributed by atoms with Crippen molar-refractivity contribution in [2.75, 3.05) is 21.1 Å². The summed E-state index contributed by atoms with van der Waals surface area (Å²) in [5, 5.41) is 12.6. The Morgan fingerprint density at radius 2 is 2.20 bits per heavy atom. The van der Waals surface area contributed by atoms with E-state index < -0.39 is 4.92 Å². The van der Waals surface area contributed by atoms with Crippen LogP contribution in [0.5, 0.6) is 0 Å². The summed E-state index contributed by atoms with van der Waals surface area (Å²) in [5.74, 6) is 0.477. The first-order valence-electron chi connectivity index (χ1n) is 2.78. The second-order valence-corrected chi connectivity index (χ2v) is 1.94. The van der Waals surface area contributed by atoms with Gasteiger partial charge in [0.1, 0.15) is 0 Å². The monoisotopic (exact) mass is 145 g/mol. The maximum atomic E-state index is 9.94. The molecule has 0 aliphatic rings. The fraction of sp³-hybridized carbons (Fsp3) is 0.600. The minimum Gasteiger partial charge on any atom is -0.370 e. The number of hydrogen-bond acceptors (Lipinski definition) is 4. The Morgan fingerprint density at radius 1 is 1.70 bits per heavy atom. The summed E-state index contributed by atoms with van der Waals surface area (Å²) in [4.78, 5) is 11.1. The van der Waals surface area contributed by atoms with E-state index in [1.165, 1.54) is 0 Å². The largest absolute Gasteiger partial charge is 0.370 e. The Kier molecular flexibility index (Phi) is 3.24. The van der Waals surface area contributed by atoms with Gasteiger partial charge < -0.3 is 10.2 Å². The first-order valence-corrected chi connectivity index (χ1v) is 2.78. The lowest BCUT2D eigenvalue weighted by molar-refractivity contribution is -0.404. The predicted molar refractivity (Wildman–Crippen MR) is 37.8 cm³/mol. The third-order valence-corrected chi connectivity index (χ3v) is 0.966. The molecule has 0 heterocycles. The van der Waals surface area contributed by atoms with Crippen molar-refractivity contribution in [3.05, 3.63) is 22.1 Å². The highest BCUT2D eigenvalue weighted by atomic mass is 16.6. The smallest absolute Gasteiger partial charge is 0.274 e. The second kappa shape index (κ2) is 3.71. The van der Waals surface area contributed by atoms with Gasteiger partial charge in [-0.25, -0.2) is 0 Å². The van der Waals surface area contributed by atoms with Crippen molar-refractivity contribution in [2.24, 2.45) is 0 Å². The first kappa shape index (κ1) is 8.74. The average Bonchev–Trinajstić information content (AvgIpc) is 1.81. The van der Waals surface area contributed by atoms with Crippen molar-refractivity contribution < 1.29 is 4.92 Å². The molecule has 5 heteroatoms. The Bertz CT molecular complexity index is 153. The van der Waals surface area contributed by atoms with Crippen LogP contribution in [0.25, 0.3) is 0 Å². The highest BCUT2D eigenvalue weighted by Crippen LogP contribution is 1.90. The maximum absolute atomic E-state index is 9.94. The molecular weight excluding hydrogens is 134 g/mol. The van der Waals surface area contributed by atoms with Gasteiger partial charge in [0.2, 0.25) is 0 Å². The number of rotatable bonds is 3. The van der Waals surface area contributed by atoms with Crippen LogP contribution in [0.4, 0.5) is 0 Å². The van der Waals surface area contributed by atoms with Crippen molar-refractivity contribution in [3.8, 4) is 0 Å². The van der Waals surface area contributed by atoms with Crippen LogP contribution in [0.1, 0.15) is 0 Å². The van der Waals surface area contributed by atoms with Crippen LogP contribution in [0.2, 0.25) is 0 Å². The molecule has 0 unspecified atom stereocenters. The van der Waals surface area contributed by atoms with E-state index in [-0.39, 0.29) is 0 Å². The molecule has 0 aromatic carbocycles. The molecule has 0 bridgehead atoms. The SMILES string of the molecule is CNC(=C[N+](=O)[O-])N(C)C. The van der Waals surface area contributed by atoms with Gasteiger partial charge in [-0.2, -0.15) is 0 Å². The van der Waals surface area contributed by atoms with Gasteiger partial charge in [0.05, 0.1) is 4.92 Å². The molecule has 0 spiro atoms. The molecule has 58 valence electrons. The highest BCUT2D eigenvalue weighted by Gasteiger charge is 2.00. The van der Waals surface area contributed by atoms with Gasteiger partial charge in [0, 0.05) is 21.1 Å². The molecule has 0 aliphatic heterocycles. The Hall–Kier alpha value is -1.26. The minimum atomic E-state index is -0.494. The molecule has 0 aliphatic carbocycles. The summed E-state index contributed by atoms with van der Waals surface area (Å²) >= 11 is 0. The second-order valence-electron chi connectivity index (χ2n) is 1.94. The van der Waals surface area contributed by atoms with E-state index in [4.69, 9.17) is 0 Å². The number of nitrogens with zero attached hydrogens (tertiary/aromatic N) is 2. The molecule has 0 rings (SSSR count). The molecule has 0 fully saturated rings. The van der Waals surface area contributed by atoms with Crippen molar-refractivity contribution in [2.45, 2.75) is 0 Å². The molecule has 1 N–H and O–H groups in total. The normalized spacial score (nSPS) is 10.9. The van der Waals surface area contributed by atoms with E-state index in [0.29, 0.717) is 5.82 Å². The lowest BCUT2D eigenvalue weighted by Crippen LogP contribution is -2.23. The number of hydrogen-bond donors (Lipinski definition) is 1. The van der Waals surface area contributed by atoms with E-state index in [9.17, 15) is 10.1 Å². The molecule has 0 radical (unpaired) electrons. The van der Waals surface area contributed by atoms with E-state index in [1.807, 2.05) is 0 Å². The van der Waals surface area contributed by atoms with Crippen LogP contribution >= 0.6 is 0 Å². The zero-order valence-corrected chi connectivity index (χ0v) is 6.29. The van der Waals surface area contributed by atoms with Crippen molar-refractivity contribution in [1.82, 2.24) is 10.2 Å². The minimum absolute atomic E-state index is 0.477. The topological polar surface area (TPSA) is 58.4 Å². The van der Waals surface area contributed by atoms with Crippen LogP contribution < -0.4 is 5.32 Å². The first-order chi connectivity index (χ1) is 4.57. The fourth-order valence-corrected chi connectivity index (χ4v) is 0.503. The van der Waals surface area contributed by atoms with Crippen LogP contribution in [-0.2, 0) is 0 Å². The highest BCUT2D eigenvalue weighted by molar-refractivity contribution is 4.89. The predicted octanol–water partition coefficient (Wildman–Crippen LogP) is -0.157. The van der Waals surface area contributed by atoms with Crippen LogP contribution in [0.15, 0.2) is 12.0 Å². The zero-order valence-electron chi connectivity index (χ0n) is 6.29. The van der Waals surface area contributed by atoms with Gasteiger partial charge in [-0.05, 0) is 0 Å². The van der Waals surface area contributed by atoms with Crippen LogP contribution in [0, 0.1) is 10.1 Å². The van der Waals surface area contributed by atoms with Gasteiger partial charge in [0.25, 0.3) is 6.20 Å². The van der Waals surface area contributed by atoms with Crippen molar-refractivity contribution in [3.63, 3.8) is 0 Å². The molecule has 10 heavy (non-hydrogen) atoms. The van der Waals surface area contributed by atoms with Crippen molar-refractivity contribution >= 4 is 0 Å². The van der Waals surface area contributed by atoms with E-state index in [1.54, 1.807) is 26.0 Å². The standard InChI is InChI=1S/C5H11N3O2/c1-6-5(7(2)3)4-8(9)10/h4,6H,1-3H3. The van der Waals surface area contributed by atoms with Gasteiger partial charge in [-0.3, -0.25) is 10.1 Å². The third kappa shape index (κ3) is 2.91. The van der Waals surface area contributed by atoms with Gasteiger partial charge in [-0.15, -0.1) is 0 Å². The number of nitro groups is 1. The van der Waals surface area contributed by atoms with E-state index in [2.05, 4.69) is 5.32 Å². The summed E-state index contributed by atoms with van der Waals surface area (Å²) < 4.78 is 0. The molecule has 0 aromatic rings. The molecular formula is C5H11N3O2. The van der Waals surface area contributed by atoms with Gasteiger partial charge in [-0.1, -0.05) is 0 Å². The maximum Gasteiger partial charge on any atom is 0.274 e. The third-order valence-electron chi connectivity index (χ3n) is 0.966. The molecule has 0 saturated carbocycles. The number of nitrogens with one attached hydrogen (secondary N) is 1. The summed E-state index contributed by atoms with van der Waals surface area (Å²) in [5.41, 5.74) is 0. The quantitative estimate of drug-likeness (QED) is 0.443. The molecule has 0 saturated heterocycles. The Labute approximate surface area is 59.5 Å². The van der Waals surface area contributed by atoms with Crippen molar-refractivity contribution in [1.29, 1.82) is 0 Å². The van der Waals surface area contributed by atoms with Crippen LogP contribution in [-0.4, -0.2) is 31.0 Å². The molecule has 0 atom stereocenters. The lowest BCUT2D eigenvalue weighted by atomic mass is 10.6. The average molecular weight is 145 g/mol. The van der Waals surface area contributed by atoms with E-state index >= 15 is 0 Å². The summed E-state index contributed by atoms with van der Waals surface area (Å²) in [6.07, 6.45) is 0.917.